The summed E-state index contributed by atoms with van der Waals surface area (Å²) in [6, 6.07) is 88.8. The molecule has 12 rings (SSSR count). The zero-order chi connectivity index (χ0) is 41.0. The zero-order valence-corrected chi connectivity index (χ0v) is 34.0. The predicted octanol–water partition coefficient (Wildman–Crippen LogP) is 17.2. The first-order valence-electron chi connectivity index (χ1n) is 21.4. The van der Waals surface area contributed by atoms with Crippen LogP contribution in [-0.4, -0.2) is 0 Å². The van der Waals surface area contributed by atoms with E-state index in [0.717, 1.165) is 34.1 Å². The molecular weight excluding hydrogens is 749 g/mol. The molecule has 0 amide bonds. The molecule has 12 aromatic carbocycles. The lowest BCUT2D eigenvalue weighted by Gasteiger charge is -2.31. The summed E-state index contributed by atoms with van der Waals surface area (Å²) in [5, 5.41) is 14.4. The Labute approximate surface area is 360 Å². The van der Waals surface area contributed by atoms with Crippen LogP contribution in [-0.2, 0) is 0 Å². The molecule has 0 radical (unpaired) electrons. The molecule has 0 unspecified atom stereocenters. The van der Waals surface area contributed by atoms with Crippen molar-refractivity contribution in [3.63, 3.8) is 0 Å². The fourth-order valence-corrected chi connectivity index (χ4v) is 9.87. The van der Waals surface area contributed by atoms with Gasteiger partial charge in [0, 0.05) is 44.0 Å². The van der Waals surface area contributed by atoms with E-state index in [1.807, 2.05) is 0 Å². The quantitative estimate of drug-likeness (QED) is 0.148. The average Bonchev–Trinajstić information content (AvgIpc) is 3.34. The van der Waals surface area contributed by atoms with Crippen LogP contribution in [0, 0.1) is 0 Å². The van der Waals surface area contributed by atoms with Gasteiger partial charge in [-0.2, -0.15) is 0 Å². The first-order chi connectivity index (χ1) is 30.8. The van der Waals surface area contributed by atoms with Crippen molar-refractivity contribution in [2.75, 3.05) is 9.80 Å². The minimum Gasteiger partial charge on any atom is -0.309 e. The van der Waals surface area contributed by atoms with Crippen molar-refractivity contribution in [3.05, 3.63) is 243 Å². The third kappa shape index (κ3) is 5.80. The molecule has 0 aliphatic rings. The van der Waals surface area contributed by atoms with Gasteiger partial charge < -0.3 is 9.80 Å². The summed E-state index contributed by atoms with van der Waals surface area (Å²) in [5.41, 5.74) is 9.16. The van der Waals surface area contributed by atoms with Crippen LogP contribution in [0.25, 0.3) is 75.8 Å². The smallest absolute Gasteiger partial charge is 0.0546 e. The number of rotatable bonds is 7. The van der Waals surface area contributed by atoms with Crippen molar-refractivity contribution < 1.29 is 0 Å². The highest BCUT2D eigenvalue weighted by Gasteiger charge is 2.26. The Kier molecular flexibility index (Phi) is 8.53. The third-order valence-corrected chi connectivity index (χ3v) is 12.5. The lowest BCUT2D eigenvalue weighted by atomic mass is 9.84. The number of benzene rings is 12. The Hall–Kier alpha value is -8.20. The third-order valence-electron chi connectivity index (χ3n) is 12.5. The Bertz CT molecular complexity index is 3400. The van der Waals surface area contributed by atoms with E-state index in [1.54, 1.807) is 0 Å². The van der Waals surface area contributed by atoms with E-state index < -0.39 is 0 Å². The fourth-order valence-electron chi connectivity index (χ4n) is 9.87. The van der Waals surface area contributed by atoms with Gasteiger partial charge in [-0.25, -0.2) is 0 Å². The highest BCUT2D eigenvalue weighted by molar-refractivity contribution is 6.28. The summed E-state index contributed by atoms with van der Waals surface area (Å²) in [6.45, 7) is 0. The van der Waals surface area contributed by atoms with Gasteiger partial charge in [-0.3, -0.25) is 0 Å². The van der Waals surface area contributed by atoms with Crippen LogP contribution in [0.15, 0.2) is 243 Å². The van der Waals surface area contributed by atoms with E-state index in [9.17, 15) is 0 Å². The summed E-state index contributed by atoms with van der Waals surface area (Å²) in [5.74, 6) is 0. The minimum atomic E-state index is 1.10. The number of para-hydroxylation sites is 2. The van der Waals surface area contributed by atoms with Crippen molar-refractivity contribution >= 4 is 98.8 Å². The van der Waals surface area contributed by atoms with Crippen LogP contribution in [0.3, 0.4) is 0 Å². The van der Waals surface area contributed by atoms with Gasteiger partial charge >= 0.3 is 0 Å². The summed E-state index contributed by atoms with van der Waals surface area (Å²) in [7, 11) is 0. The molecule has 0 saturated carbocycles. The first-order valence-corrected chi connectivity index (χ1v) is 21.4. The highest BCUT2D eigenvalue weighted by atomic mass is 15.2. The Morgan fingerprint density at radius 1 is 0.210 bits per heavy atom. The maximum Gasteiger partial charge on any atom is 0.0546 e. The van der Waals surface area contributed by atoms with Crippen LogP contribution >= 0.6 is 0 Å². The van der Waals surface area contributed by atoms with Crippen LogP contribution in [0.5, 0.6) is 0 Å². The van der Waals surface area contributed by atoms with Crippen molar-refractivity contribution in [1.82, 2.24) is 0 Å². The lowest BCUT2D eigenvalue weighted by molar-refractivity contribution is 1.31. The number of hydrogen-bond acceptors (Lipinski definition) is 2. The SMILES string of the molecule is c1ccc(N(c2cccc3ccccc23)c2cccc3cc4ccccc4c(-c4c5ccccc5cc5cccc(N(c6ccccc6)c6cccc7ccccc67)c45)c23)cc1. The van der Waals surface area contributed by atoms with Crippen LogP contribution < -0.4 is 9.80 Å². The van der Waals surface area contributed by atoms with Crippen LogP contribution in [0.2, 0.25) is 0 Å². The second-order valence-corrected chi connectivity index (χ2v) is 16.0. The molecule has 0 spiro atoms. The molecule has 62 heavy (non-hydrogen) atoms. The van der Waals surface area contributed by atoms with E-state index in [2.05, 4.69) is 252 Å². The molecule has 0 N–H and O–H groups in total. The summed E-state index contributed by atoms with van der Waals surface area (Å²) in [4.78, 5) is 4.95. The monoisotopic (exact) mass is 788 g/mol. The second-order valence-electron chi connectivity index (χ2n) is 16.0. The van der Waals surface area contributed by atoms with Gasteiger partial charge in [0.15, 0.2) is 0 Å². The largest absolute Gasteiger partial charge is 0.309 e. The number of fused-ring (bicyclic) bond motifs is 6. The molecule has 0 fully saturated rings. The highest BCUT2D eigenvalue weighted by Crippen LogP contribution is 2.52. The van der Waals surface area contributed by atoms with Crippen molar-refractivity contribution in [2.24, 2.45) is 0 Å². The van der Waals surface area contributed by atoms with E-state index in [0.29, 0.717) is 0 Å². The number of nitrogens with zero attached hydrogens (tertiary/aromatic N) is 2. The minimum absolute atomic E-state index is 1.10. The van der Waals surface area contributed by atoms with Crippen LogP contribution in [0.4, 0.5) is 34.1 Å². The number of hydrogen-bond donors (Lipinski definition) is 0. The van der Waals surface area contributed by atoms with Gasteiger partial charge in [-0.15, -0.1) is 0 Å². The van der Waals surface area contributed by atoms with Crippen LogP contribution in [0.1, 0.15) is 0 Å². The molecule has 0 atom stereocenters. The normalized spacial score (nSPS) is 11.5. The van der Waals surface area contributed by atoms with Crippen molar-refractivity contribution in [3.8, 4) is 11.1 Å². The van der Waals surface area contributed by atoms with Gasteiger partial charge in [-0.05, 0) is 104 Å². The van der Waals surface area contributed by atoms with Gasteiger partial charge in [0.25, 0.3) is 0 Å². The second kappa shape index (κ2) is 14.8. The molecule has 0 aliphatic heterocycles. The molecule has 2 nitrogen and oxygen atoms in total. The topological polar surface area (TPSA) is 6.48 Å². The maximum atomic E-state index is 2.48. The molecular formula is C60H40N2. The molecule has 2 heteroatoms. The van der Waals surface area contributed by atoms with Gasteiger partial charge in [-0.1, -0.05) is 182 Å². The maximum absolute atomic E-state index is 2.48. The Morgan fingerprint density at radius 2 is 0.516 bits per heavy atom. The molecule has 12 aromatic rings. The summed E-state index contributed by atoms with van der Waals surface area (Å²) in [6.07, 6.45) is 0. The summed E-state index contributed by atoms with van der Waals surface area (Å²) >= 11 is 0. The zero-order valence-electron chi connectivity index (χ0n) is 34.0. The van der Waals surface area contributed by atoms with Gasteiger partial charge in [0.2, 0.25) is 0 Å². The molecule has 0 saturated heterocycles. The van der Waals surface area contributed by atoms with Gasteiger partial charge in [0.05, 0.1) is 22.7 Å². The van der Waals surface area contributed by atoms with E-state index >= 15 is 0 Å². The Morgan fingerprint density at radius 3 is 0.935 bits per heavy atom. The first kappa shape index (κ1) is 35.7. The summed E-state index contributed by atoms with van der Waals surface area (Å²) < 4.78 is 0. The fraction of sp³-hybridized carbons (Fsp3) is 0. The van der Waals surface area contributed by atoms with E-state index in [1.165, 1.54) is 75.8 Å². The molecule has 0 heterocycles. The number of anilines is 6. The standard InChI is InChI=1S/C60H40N2/c1-3-27-47(28-4-1)61(53-35-15-23-41-19-7-11-31-49(41)53)55-37-17-25-45-39-43-21-9-13-33-51(43)59(57(45)55)60-52-34-14-10-22-44(52)40-46-26-18-38-56(58(46)60)62(48-29-5-2-6-30-48)54-36-16-24-42-20-8-12-32-50(42)54/h1-40H. The van der Waals surface area contributed by atoms with E-state index in [4.69, 9.17) is 0 Å². The van der Waals surface area contributed by atoms with Crippen molar-refractivity contribution in [2.45, 2.75) is 0 Å². The van der Waals surface area contributed by atoms with Gasteiger partial charge in [0.1, 0.15) is 0 Å². The average molecular weight is 789 g/mol. The predicted molar refractivity (Wildman–Crippen MR) is 266 cm³/mol. The van der Waals surface area contributed by atoms with Crippen molar-refractivity contribution in [1.29, 1.82) is 0 Å². The lowest BCUT2D eigenvalue weighted by Crippen LogP contribution is -2.12. The van der Waals surface area contributed by atoms with E-state index in [-0.39, 0.29) is 0 Å². The molecule has 0 aliphatic carbocycles. The Balaban J connectivity index is 1.27. The molecule has 290 valence electrons. The molecule has 0 aromatic heterocycles. The molecule has 0 bridgehead atoms.